The fourth-order valence-electron chi connectivity index (χ4n) is 5.94. The summed E-state index contributed by atoms with van der Waals surface area (Å²) >= 11 is 0. The van der Waals surface area contributed by atoms with Gasteiger partial charge in [-0.25, -0.2) is 9.97 Å². The fraction of sp³-hybridized carbons (Fsp3) is 0.483. The minimum atomic E-state index is -0.850. The monoisotopic (exact) mass is 576 g/mol. The molecule has 3 aliphatic heterocycles. The molecule has 42 heavy (non-hydrogen) atoms. The maximum Gasteiger partial charge on any atom is 0.271 e. The number of hydrogen-bond donors (Lipinski definition) is 4. The Labute approximate surface area is 245 Å². The molecule has 3 saturated heterocycles. The third-order valence-corrected chi connectivity index (χ3v) is 8.39. The second kappa shape index (κ2) is 12.7. The highest BCUT2D eigenvalue weighted by Gasteiger charge is 2.29. The largest absolute Gasteiger partial charge is 0.371 e. The summed E-state index contributed by atoms with van der Waals surface area (Å²) in [7, 11) is 2.18. The van der Waals surface area contributed by atoms with Gasteiger partial charge in [0.05, 0.1) is 0 Å². The standard InChI is InChI=1S/C29H40N10O3/c1-3-23(40)39-11-8-20(18-39)33-29-25(27(31)42)34-24(26(30)41)28(35-29)32-19-4-6-21(7-5-19)37-12-9-22(10-13-37)38-16-14-36(2)15-17-38/h3-7,20,22H,1,8-18H2,2H3,(H2,30,41)(H2,31,42)(H2,32,33,35)/t20-/m1/s1. The molecule has 6 N–H and O–H groups in total. The van der Waals surface area contributed by atoms with Crippen LogP contribution in [0.4, 0.5) is 23.0 Å². The molecule has 4 heterocycles. The maximum absolute atomic E-state index is 12.3. The number of anilines is 4. The lowest BCUT2D eigenvalue weighted by atomic mass is 10.0. The topological polar surface area (TPSA) is 166 Å². The number of hydrogen-bond acceptors (Lipinski definition) is 10. The minimum Gasteiger partial charge on any atom is -0.371 e. The molecule has 1 aromatic carbocycles. The van der Waals surface area contributed by atoms with Crippen molar-refractivity contribution in [3.8, 4) is 0 Å². The zero-order chi connectivity index (χ0) is 29.8. The van der Waals surface area contributed by atoms with E-state index in [0.717, 1.165) is 57.8 Å². The highest BCUT2D eigenvalue weighted by molar-refractivity contribution is 6.01. The molecular weight excluding hydrogens is 536 g/mol. The number of piperidine rings is 1. The smallest absolute Gasteiger partial charge is 0.271 e. The third kappa shape index (κ3) is 6.63. The van der Waals surface area contributed by atoms with Gasteiger partial charge in [0.15, 0.2) is 23.0 Å². The van der Waals surface area contributed by atoms with Crippen LogP contribution in [0.1, 0.15) is 40.2 Å². The van der Waals surface area contributed by atoms with Crippen LogP contribution < -0.4 is 27.0 Å². The number of likely N-dealkylation sites (tertiary alicyclic amines) is 1. The second-order valence-corrected chi connectivity index (χ2v) is 11.2. The predicted octanol–water partition coefficient (Wildman–Crippen LogP) is 0.833. The molecule has 1 aromatic heterocycles. The number of nitrogens with one attached hydrogen (secondary N) is 2. The van der Waals surface area contributed by atoms with Gasteiger partial charge in [0.25, 0.3) is 11.8 Å². The van der Waals surface area contributed by atoms with E-state index >= 15 is 0 Å². The first-order chi connectivity index (χ1) is 20.2. The van der Waals surface area contributed by atoms with E-state index in [4.69, 9.17) is 11.5 Å². The van der Waals surface area contributed by atoms with Crippen molar-refractivity contribution in [3.05, 3.63) is 48.3 Å². The van der Waals surface area contributed by atoms with Crippen molar-refractivity contribution in [2.75, 3.05) is 74.9 Å². The Morgan fingerprint density at radius 1 is 0.881 bits per heavy atom. The van der Waals surface area contributed by atoms with Crippen LogP contribution in [0.15, 0.2) is 36.9 Å². The second-order valence-electron chi connectivity index (χ2n) is 11.2. The molecular formula is C29H40N10O3. The molecule has 0 spiro atoms. The quantitative estimate of drug-likeness (QED) is 0.314. The molecule has 5 rings (SSSR count). The van der Waals surface area contributed by atoms with Gasteiger partial charge in [-0.2, -0.15) is 0 Å². The molecule has 224 valence electrons. The lowest BCUT2D eigenvalue weighted by molar-refractivity contribution is -0.125. The Bertz CT molecular complexity index is 1320. The van der Waals surface area contributed by atoms with Crippen molar-refractivity contribution in [2.45, 2.75) is 31.3 Å². The molecule has 1 atom stereocenters. The first-order valence-corrected chi connectivity index (χ1v) is 14.5. The van der Waals surface area contributed by atoms with Gasteiger partial charge in [-0.15, -0.1) is 0 Å². The lowest BCUT2D eigenvalue weighted by Gasteiger charge is -2.42. The van der Waals surface area contributed by atoms with E-state index in [-0.39, 0.29) is 35.0 Å². The summed E-state index contributed by atoms with van der Waals surface area (Å²) < 4.78 is 0. The van der Waals surface area contributed by atoms with E-state index < -0.39 is 11.8 Å². The molecule has 0 radical (unpaired) electrons. The SMILES string of the molecule is C=CC(=O)N1CC[C@@H](Nc2nc(Nc3ccc(N4CCC(N5CCN(C)CC5)CC4)cc3)c(C(N)=O)nc2C(N)=O)C1. The predicted molar refractivity (Wildman–Crippen MR) is 162 cm³/mol. The van der Waals surface area contributed by atoms with E-state index in [0.29, 0.717) is 31.2 Å². The molecule has 0 aliphatic carbocycles. The fourth-order valence-corrected chi connectivity index (χ4v) is 5.94. The number of amides is 3. The highest BCUT2D eigenvalue weighted by atomic mass is 16.2. The molecule has 3 fully saturated rings. The Kier molecular flexibility index (Phi) is 8.88. The van der Waals surface area contributed by atoms with Gasteiger partial charge in [0, 0.05) is 75.8 Å². The Hall–Kier alpha value is -4.23. The maximum atomic E-state index is 12.3. The van der Waals surface area contributed by atoms with Crippen LogP contribution in [-0.4, -0.2) is 114 Å². The molecule has 13 nitrogen and oxygen atoms in total. The number of primary amides is 2. The molecule has 0 unspecified atom stereocenters. The zero-order valence-corrected chi connectivity index (χ0v) is 24.1. The summed E-state index contributed by atoms with van der Waals surface area (Å²) in [5.74, 6) is -1.64. The van der Waals surface area contributed by atoms with Gasteiger partial charge in [-0.1, -0.05) is 6.58 Å². The molecule has 13 heteroatoms. The van der Waals surface area contributed by atoms with E-state index in [1.54, 1.807) is 4.90 Å². The van der Waals surface area contributed by atoms with Crippen LogP contribution in [0.5, 0.6) is 0 Å². The van der Waals surface area contributed by atoms with E-state index in [2.05, 4.69) is 48.9 Å². The van der Waals surface area contributed by atoms with Crippen LogP contribution in [-0.2, 0) is 4.79 Å². The summed E-state index contributed by atoms with van der Waals surface area (Å²) in [4.78, 5) is 54.2. The minimum absolute atomic E-state index is 0.104. The third-order valence-electron chi connectivity index (χ3n) is 8.39. The molecule has 3 aliphatic rings. The average molecular weight is 577 g/mol. The number of benzene rings is 1. The number of carbonyl (C=O) groups is 3. The molecule has 0 saturated carbocycles. The lowest BCUT2D eigenvalue weighted by Crippen LogP contribution is -2.52. The molecule has 2 aromatic rings. The van der Waals surface area contributed by atoms with Crippen LogP contribution in [0.3, 0.4) is 0 Å². The normalized spacial score (nSPS) is 20.4. The Morgan fingerprint density at radius 3 is 2.14 bits per heavy atom. The van der Waals surface area contributed by atoms with Crippen molar-refractivity contribution < 1.29 is 14.4 Å². The van der Waals surface area contributed by atoms with Gasteiger partial charge in [-0.05, 0) is 56.7 Å². The highest BCUT2D eigenvalue weighted by Crippen LogP contribution is 2.28. The van der Waals surface area contributed by atoms with Crippen molar-refractivity contribution in [1.82, 2.24) is 24.7 Å². The summed E-state index contributed by atoms with van der Waals surface area (Å²) in [5.41, 5.74) is 12.6. The Balaban J connectivity index is 1.27. The summed E-state index contributed by atoms with van der Waals surface area (Å²) in [5, 5.41) is 6.30. The summed E-state index contributed by atoms with van der Waals surface area (Å²) in [6.45, 7) is 11.0. The van der Waals surface area contributed by atoms with E-state index in [9.17, 15) is 14.4 Å². The Morgan fingerprint density at radius 2 is 1.52 bits per heavy atom. The van der Waals surface area contributed by atoms with Gasteiger partial charge in [-0.3, -0.25) is 19.3 Å². The average Bonchev–Trinajstić information content (AvgIpc) is 3.46. The zero-order valence-electron chi connectivity index (χ0n) is 24.1. The van der Waals surface area contributed by atoms with E-state index in [1.807, 2.05) is 24.3 Å². The van der Waals surface area contributed by atoms with Crippen LogP contribution in [0.2, 0.25) is 0 Å². The number of aromatic nitrogens is 2. The van der Waals surface area contributed by atoms with E-state index in [1.165, 1.54) is 6.08 Å². The first kappa shape index (κ1) is 29.3. The van der Waals surface area contributed by atoms with Gasteiger partial charge >= 0.3 is 0 Å². The van der Waals surface area contributed by atoms with Gasteiger partial charge < -0.3 is 36.8 Å². The number of nitrogens with zero attached hydrogens (tertiary/aromatic N) is 6. The summed E-state index contributed by atoms with van der Waals surface area (Å²) in [6, 6.07) is 8.36. The van der Waals surface area contributed by atoms with Gasteiger partial charge in [0.2, 0.25) is 5.91 Å². The summed E-state index contributed by atoms with van der Waals surface area (Å²) in [6.07, 6.45) is 4.18. The number of nitrogens with two attached hydrogens (primary N) is 2. The number of carbonyl (C=O) groups excluding carboxylic acids is 3. The van der Waals surface area contributed by atoms with Crippen molar-refractivity contribution in [1.29, 1.82) is 0 Å². The van der Waals surface area contributed by atoms with Crippen molar-refractivity contribution in [2.24, 2.45) is 11.5 Å². The van der Waals surface area contributed by atoms with Crippen LogP contribution in [0, 0.1) is 0 Å². The first-order valence-electron chi connectivity index (χ1n) is 14.5. The van der Waals surface area contributed by atoms with Crippen molar-refractivity contribution in [3.63, 3.8) is 0 Å². The number of piperazine rings is 1. The van der Waals surface area contributed by atoms with Crippen molar-refractivity contribution >= 4 is 40.7 Å². The van der Waals surface area contributed by atoms with Crippen LogP contribution in [0.25, 0.3) is 0 Å². The number of rotatable bonds is 9. The molecule has 0 bridgehead atoms. The van der Waals surface area contributed by atoms with Gasteiger partial charge in [0.1, 0.15) is 0 Å². The number of likely N-dealkylation sites (N-methyl/N-ethyl adjacent to an activating group) is 1. The molecule has 3 amide bonds. The van der Waals surface area contributed by atoms with Crippen LogP contribution >= 0.6 is 0 Å².